The SMILES string of the molecule is Cc1cc(C=C(C(=O)O)C(C)(C)C)ccc1O. The number of hydrogen-bond acceptors (Lipinski definition) is 2. The molecule has 3 heteroatoms. The Bertz CT molecular complexity index is 465. The van der Waals surface area contributed by atoms with E-state index in [0.29, 0.717) is 5.57 Å². The molecule has 17 heavy (non-hydrogen) atoms. The zero-order chi connectivity index (χ0) is 13.2. The largest absolute Gasteiger partial charge is 0.508 e. The average molecular weight is 234 g/mol. The molecule has 0 amide bonds. The van der Waals surface area contributed by atoms with E-state index in [1.807, 2.05) is 20.8 Å². The molecule has 0 saturated heterocycles. The lowest BCUT2D eigenvalue weighted by molar-refractivity contribution is -0.133. The van der Waals surface area contributed by atoms with Gasteiger partial charge < -0.3 is 10.2 Å². The number of rotatable bonds is 2. The van der Waals surface area contributed by atoms with Crippen LogP contribution in [0.5, 0.6) is 5.75 Å². The van der Waals surface area contributed by atoms with Gasteiger partial charge in [0.05, 0.1) is 0 Å². The third kappa shape index (κ3) is 3.34. The molecule has 0 aliphatic carbocycles. The van der Waals surface area contributed by atoms with Crippen molar-refractivity contribution in [3.8, 4) is 5.75 Å². The normalized spacial score (nSPS) is 12.6. The minimum atomic E-state index is -0.914. The smallest absolute Gasteiger partial charge is 0.332 e. The number of phenolic OH excluding ortho intramolecular Hbond substituents is 1. The molecule has 1 rings (SSSR count). The summed E-state index contributed by atoms with van der Waals surface area (Å²) in [6, 6.07) is 5.05. The van der Waals surface area contributed by atoms with Crippen molar-refractivity contribution in [3.05, 3.63) is 34.9 Å². The summed E-state index contributed by atoms with van der Waals surface area (Å²) in [5.41, 5.74) is 1.45. The second-order valence-corrected chi connectivity index (χ2v) is 5.16. The molecule has 1 aromatic carbocycles. The van der Waals surface area contributed by atoms with Crippen molar-refractivity contribution in [2.24, 2.45) is 5.41 Å². The van der Waals surface area contributed by atoms with Crippen LogP contribution < -0.4 is 0 Å². The fourth-order valence-corrected chi connectivity index (χ4v) is 1.53. The van der Waals surface area contributed by atoms with Gasteiger partial charge in [-0.2, -0.15) is 0 Å². The van der Waals surface area contributed by atoms with Crippen molar-refractivity contribution in [2.45, 2.75) is 27.7 Å². The number of phenols is 1. The zero-order valence-electron chi connectivity index (χ0n) is 10.6. The minimum Gasteiger partial charge on any atom is -0.508 e. The maximum atomic E-state index is 11.2. The molecule has 0 unspecified atom stereocenters. The van der Waals surface area contributed by atoms with Crippen LogP contribution in [-0.4, -0.2) is 16.2 Å². The van der Waals surface area contributed by atoms with Crippen LogP contribution in [0, 0.1) is 12.3 Å². The van der Waals surface area contributed by atoms with E-state index in [4.69, 9.17) is 0 Å². The van der Waals surface area contributed by atoms with Gasteiger partial charge in [0.25, 0.3) is 0 Å². The van der Waals surface area contributed by atoms with Gasteiger partial charge in [0, 0.05) is 5.57 Å². The molecule has 3 nitrogen and oxygen atoms in total. The number of aryl methyl sites for hydroxylation is 1. The number of hydrogen-bond donors (Lipinski definition) is 2. The predicted molar refractivity (Wildman–Crippen MR) is 67.9 cm³/mol. The van der Waals surface area contributed by atoms with Crippen LogP contribution in [0.1, 0.15) is 31.9 Å². The second kappa shape index (κ2) is 4.62. The van der Waals surface area contributed by atoms with Crippen molar-refractivity contribution >= 4 is 12.0 Å². The van der Waals surface area contributed by atoms with Gasteiger partial charge in [-0.3, -0.25) is 0 Å². The molecule has 0 saturated carbocycles. The summed E-state index contributed by atoms with van der Waals surface area (Å²) in [6.07, 6.45) is 1.65. The number of benzene rings is 1. The van der Waals surface area contributed by atoms with E-state index >= 15 is 0 Å². The van der Waals surface area contributed by atoms with Crippen molar-refractivity contribution in [1.82, 2.24) is 0 Å². The second-order valence-electron chi connectivity index (χ2n) is 5.16. The quantitative estimate of drug-likeness (QED) is 0.772. The van der Waals surface area contributed by atoms with Crippen molar-refractivity contribution in [1.29, 1.82) is 0 Å². The van der Waals surface area contributed by atoms with Gasteiger partial charge >= 0.3 is 5.97 Å². The maximum Gasteiger partial charge on any atom is 0.332 e. The topological polar surface area (TPSA) is 57.5 Å². The monoisotopic (exact) mass is 234 g/mol. The molecule has 2 N–H and O–H groups in total. The number of aromatic hydroxyl groups is 1. The molecular formula is C14H18O3. The molecular weight excluding hydrogens is 216 g/mol. The van der Waals surface area contributed by atoms with Gasteiger partial charge in [-0.15, -0.1) is 0 Å². The highest BCUT2D eigenvalue weighted by atomic mass is 16.4. The van der Waals surface area contributed by atoms with Gasteiger partial charge in [-0.1, -0.05) is 26.8 Å². The van der Waals surface area contributed by atoms with Gasteiger partial charge in [-0.05, 0) is 41.7 Å². The number of carboxylic acids is 1. The highest BCUT2D eigenvalue weighted by Gasteiger charge is 2.23. The van der Waals surface area contributed by atoms with Gasteiger partial charge in [-0.25, -0.2) is 4.79 Å². The zero-order valence-corrected chi connectivity index (χ0v) is 10.6. The first kappa shape index (κ1) is 13.3. The van der Waals surface area contributed by atoms with Crippen LogP contribution in [0.15, 0.2) is 23.8 Å². The first-order valence-electron chi connectivity index (χ1n) is 5.47. The third-order valence-corrected chi connectivity index (χ3v) is 2.57. The average Bonchev–Trinajstić information content (AvgIpc) is 2.17. The molecule has 0 radical (unpaired) electrons. The highest BCUT2D eigenvalue weighted by Crippen LogP contribution is 2.28. The summed E-state index contributed by atoms with van der Waals surface area (Å²) >= 11 is 0. The lowest BCUT2D eigenvalue weighted by Crippen LogP contribution is -2.17. The molecule has 0 heterocycles. The van der Waals surface area contributed by atoms with Crippen LogP contribution in [0.3, 0.4) is 0 Å². The summed E-state index contributed by atoms with van der Waals surface area (Å²) < 4.78 is 0. The third-order valence-electron chi connectivity index (χ3n) is 2.57. The molecule has 0 fully saturated rings. The standard InChI is InChI=1S/C14H18O3/c1-9-7-10(5-6-12(9)15)8-11(13(16)17)14(2,3)4/h5-8,15H,1-4H3,(H,16,17). The Kier molecular flexibility index (Phi) is 3.61. The summed E-state index contributed by atoms with van der Waals surface area (Å²) in [7, 11) is 0. The van der Waals surface area contributed by atoms with Crippen LogP contribution in [0.25, 0.3) is 6.08 Å². The van der Waals surface area contributed by atoms with Gasteiger partial charge in [0.1, 0.15) is 5.75 Å². The van der Waals surface area contributed by atoms with Crippen LogP contribution in [0.2, 0.25) is 0 Å². The molecule has 1 aromatic rings. The lowest BCUT2D eigenvalue weighted by atomic mass is 9.85. The summed E-state index contributed by atoms with van der Waals surface area (Å²) in [4.78, 5) is 11.2. The predicted octanol–water partition coefficient (Wildman–Crippen LogP) is 3.21. The Morgan fingerprint density at radius 3 is 2.29 bits per heavy atom. The number of carbonyl (C=O) groups is 1. The maximum absolute atomic E-state index is 11.2. The minimum absolute atomic E-state index is 0.217. The summed E-state index contributed by atoms with van der Waals surface area (Å²) in [5.74, 6) is -0.696. The molecule has 0 atom stereocenters. The molecule has 0 aromatic heterocycles. The van der Waals surface area contributed by atoms with E-state index in [-0.39, 0.29) is 5.75 Å². The number of aliphatic carboxylic acids is 1. The van der Waals surface area contributed by atoms with E-state index in [2.05, 4.69) is 0 Å². The first-order valence-corrected chi connectivity index (χ1v) is 5.47. The van der Waals surface area contributed by atoms with E-state index in [9.17, 15) is 15.0 Å². The highest BCUT2D eigenvalue weighted by molar-refractivity contribution is 5.93. The van der Waals surface area contributed by atoms with Crippen LogP contribution >= 0.6 is 0 Å². The van der Waals surface area contributed by atoms with Crippen molar-refractivity contribution < 1.29 is 15.0 Å². The van der Waals surface area contributed by atoms with E-state index in [1.165, 1.54) is 0 Å². The number of carboxylic acid groups (broad SMARTS) is 1. The fraction of sp³-hybridized carbons (Fsp3) is 0.357. The molecule has 92 valence electrons. The van der Waals surface area contributed by atoms with E-state index in [0.717, 1.165) is 11.1 Å². The Balaban J connectivity index is 3.23. The summed E-state index contributed by atoms with van der Waals surface area (Å²) in [6.45, 7) is 7.37. The first-order chi connectivity index (χ1) is 7.71. The van der Waals surface area contributed by atoms with Crippen LogP contribution in [0.4, 0.5) is 0 Å². The Labute approximate surface area is 101 Å². The Hall–Kier alpha value is -1.77. The van der Waals surface area contributed by atoms with E-state index < -0.39 is 11.4 Å². The fourth-order valence-electron chi connectivity index (χ4n) is 1.53. The van der Waals surface area contributed by atoms with Crippen molar-refractivity contribution in [2.75, 3.05) is 0 Å². The van der Waals surface area contributed by atoms with Gasteiger partial charge in [0.2, 0.25) is 0 Å². The Morgan fingerprint density at radius 2 is 1.88 bits per heavy atom. The van der Waals surface area contributed by atoms with Gasteiger partial charge in [0.15, 0.2) is 0 Å². The summed E-state index contributed by atoms with van der Waals surface area (Å²) in [5, 5.41) is 18.6. The van der Waals surface area contributed by atoms with E-state index in [1.54, 1.807) is 31.2 Å². The lowest BCUT2D eigenvalue weighted by Gasteiger charge is -2.19. The Morgan fingerprint density at radius 1 is 1.29 bits per heavy atom. The molecule has 0 spiro atoms. The molecule has 0 aliphatic heterocycles. The molecule has 0 aliphatic rings. The molecule has 0 bridgehead atoms. The van der Waals surface area contributed by atoms with Crippen molar-refractivity contribution in [3.63, 3.8) is 0 Å². The van der Waals surface area contributed by atoms with Crippen LogP contribution in [-0.2, 0) is 4.79 Å².